The number of aromatic nitrogens is 1. The number of hydrogen-bond acceptors (Lipinski definition) is 3. The third kappa shape index (κ3) is 3.31. The van der Waals surface area contributed by atoms with Crippen molar-refractivity contribution in [2.45, 2.75) is 27.7 Å². The molecule has 1 aliphatic rings. The predicted octanol–water partition coefficient (Wildman–Crippen LogP) is 3.70. The van der Waals surface area contributed by atoms with Crippen LogP contribution in [0, 0.1) is 20.8 Å². The topological polar surface area (TPSA) is 54.3 Å². The van der Waals surface area contributed by atoms with Gasteiger partial charge in [0.2, 0.25) is 0 Å². The second kappa shape index (κ2) is 7.29. The van der Waals surface area contributed by atoms with Crippen molar-refractivity contribution in [2.75, 3.05) is 6.54 Å². The molecule has 1 saturated heterocycles. The Morgan fingerprint density at radius 3 is 2.59 bits per heavy atom. The van der Waals surface area contributed by atoms with E-state index in [2.05, 4.69) is 9.88 Å². The lowest BCUT2D eigenvalue weighted by Gasteiger charge is -2.27. The molecule has 0 aliphatic carbocycles. The first kappa shape index (κ1) is 19.3. The quantitative estimate of drug-likeness (QED) is 0.484. The van der Waals surface area contributed by atoms with Crippen LogP contribution in [0.3, 0.4) is 0 Å². The third-order valence-electron chi connectivity index (χ3n) is 4.75. The van der Waals surface area contributed by atoms with E-state index in [0.29, 0.717) is 11.6 Å². The van der Waals surface area contributed by atoms with Crippen molar-refractivity contribution < 1.29 is 9.59 Å². The van der Waals surface area contributed by atoms with Crippen LogP contribution in [-0.2, 0) is 9.59 Å². The van der Waals surface area contributed by atoms with Crippen LogP contribution in [0.5, 0.6) is 0 Å². The van der Waals surface area contributed by atoms with Gasteiger partial charge in [0.25, 0.3) is 11.8 Å². The van der Waals surface area contributed by atoms with Gasteiger partial charge in [-0.3, -0.25) is 19.8 Å². The number of hydrogen-bond donors (Lipinski definition) is 1. The first-order valence-corrected chi connectivity index (χ1v) is 9.38. The maximum absolute atomic E-state index is 12.6. The van der Waals surface area contributed by atoms with E-state index in [1.165, 1.54) is 4.90 Å². The molecule has 2 aromatic rings. The second-order valence-electron chi connectivity index (χ2n) is 6.41. The number of aryl methyl sites for hydroxylation is 1. The molecule has 5 nitrogen and oxygen atoms in total. The first-order chi connectivity index (χ1) is 12.8. The fraction of sp³-hybridized carbons (Fsp3) is 0.250. The van der Waals surface area contributed by atoms with E-state index in [9.17, 15) is 9.59 Å². The number of carbonyl (C=O) groups excluding carboxylic acids is 2. The molecule has 1 fully saturated rings. The standard InChI is InChI=1S/C20H20ClN3O2S/c1-5-23-19(26)15(18(25)22-20(23)27)10-14-9-11(2)24(13(14)4)17-8-6-7-16(21)12(17)3/h6-10H,5H2,1-4H3,(H,22,25,27)/b15-10+. The number of thiocarbonyl (C=S) groups is 1. The number of amides is 2. The van der Waals surface area contributed by atoms with Crippen molar-refractivity contribution in [3.05, 3.63) is 57.4 Å². The van der Waals surface area contributed by atoms with Crippen molar-refractivity contribution >= 4 is 46.8 Å². The van der Waals surface area contributed by atoms with Crippen LogP contribution in [0.2, 0.25) is 5.02 Å². The molecule has 1 aliphatic heterocycles. The number of carbonyl (C=O) groups is 2. The van der Waals surface area contributed by atoms with Crippen LogP contribution in [-0.4, -0.2) is 32.9 Å². The molecule has 1 N–H and O–H groups in total. The highest BCUT2D eigenvalue weighted by molar-refractivity contribution is 7.80. The van der Waals surface area contributed by atoms with Gasteiger partial charge < -0.3 is 4.57 Å². The summed E-state index contributed by atoms with van der Waals surface area (Å²) < 4.78 is 2.07. The molecule has 0 saturated carbocycles. The van der Waals surface area contributed by atoms with E-state index in [0.717, 1.165) is 28.2 Å². The zero-order valence-electron chi connectivity index (χ0n) is 15.6. The molecule has 27 heavy (non-hydrogen) atoms. The predicted molar refractivity (Wildman–Crippen MR) is 111 cm³/mol. The van der Waals surface area contributed by atoms with Gasteiger partial charge in [-0.05, 0) is 75.3 Å². The van der Waals surface area contributed by atoms with Crippen molar-refractivity contribution in [1.82, 2.24) is 14.8 Å². The molecule has 0 bridgehead atoms. The van der Waals surface area contributed by atoms with Crippen molar-refractivity contribution in [3.63, 3.8) is 0 Å². The Bertz CT molecular complexity index is 1010. The summed E-state index contributed by atoms with van der Waals surface area (Å²) in [6.07, 6.45) is 1.63. The lowest BCUT2D eigenvalue weighted by molar-refractivity contribution is -0.128. The molecule has 140 valence electrons. The van der Waals surface area contributed by atoms with Crippen molar-refractivity contribution in [3.8, 4) is 5.69 Å². The molecule has 7 heteroatoms. The van der Waals surface area contributed by atoms with Crippen LogP contribution in [0.1, 0.15) is 29.4 Å². The van der Waals surface area contributed by atoms with Crippen LogP contribution < -0.4 is 5.32 Å². The Morgan fingerprint density at radius 1 is 1.22 bits per heavy atom. The highest BCUT2D eigenvalue weighted by atomic mass is 35.5. The number of halogens is 1. The zero-order chi connectivity index (χ0) is 19.9. The first-order valence-electron chi connectivity index (χ1n) is 8.59. The monoisotopic (exact) mass is 401 g/mol. The molecular formula is C20H20ClN3O2S. The average molecular weight is 402 g/mol. The van der Waals surface area contributed by atoms with Gasteiger partial charge in [0.15, 0.2) is 5.11 Å². The summed E-state index contributed by atoms with van der Waals surface area (Å²) >= 11 is 11.3. The Hall–Kier alpha value is -2.44. The highest BCUT2D eigenvalue weighted by Crippen LogP contribution is 2.28. The molecule has 0 radical (unpaired) electrons. The molecule has 0 atom stereocenters. The zero-order valence-corrected chi connectivity index (χ0v) is 17.2. The van der Waals surface area contributed by atoms with Crippen LogP contribution in [0.4, 0.5) is 0 Å². The molecule has 1 aromatic heterocycles. The summed E-state index contributed by atoms with van der Waals surface area (Å²) in [5.74, 6) is -0.853. The number of benzene rings is 1. The Morgan fingerprint density at radius 2 is 1.93 bits per heavy atom. The van der Waals surface area contributed by atoms with Gasteiger partial charge in [0.1, 0.15) is 5.57 Å². The molecular weight excluding hydrogens is 382 g/mol. The van der Waals surface area contributed by atoms with E-state index >= 15 is 0 Å². The maximum atomic E-state index is 12.6. The highest BCUT2D eigenvalue weighted by Gasteiger charge is 2.32. The van der Waals surface area contributed by atoms with Gasteiger partial charge in [0, 0.05) is 28.6 Å². The summed E-state index contributed by atoms with van der Waals surface area (Å²) in [7, 11) is 0. The number of rotatable bonds is 3. The van der Waals surface area contributed by atoms with Gasteiger partial charge in [-0.15, -0.1) is 0 Å². The summed E-state index contributed by atoms with van der Waals surface area (Å²) in [6.45, 7) is 8.11. The number of nitrogens with zero attached hydrogens (tertiary/aromatic N) is 2. The summed E-state index contributed by atoms with van der Waals surface area (Å²) in [6, 6.07) is 7.70. The largest absolute Gasteiger partial charge is 0.318 e. The van der Waals surface area contributed by atoms with E-state index in [-0.39, 0.29) is 16.6 Å². The average Bonchev–Trinajstić information content (AvgIpc) is 2.88. The maximum Gasteiger partial charge on any atom is 0.265 e. The number of nitrogens with one attached hydrogen (secondary N) is 1. The Balaban J connectivity index is 2.11. The van der Waals surface area contributed by atoms with Crippen LogP contribution >= 0.6 is 23.8 Å². The SMILES string of the molecule is CCN1C(=O)/C(=C/c2cc(C)n(-c3cccc(Cl)c3C)c2C)C(=O)NC1=S. The Labute approximate surface area is 168 Å². The lowest BCUT2D eigenvalue weighted by atomic mass is 10.1. The molecule has 3 rings (SSSR count). The van der Waals surface area contributed by atoms with Gasteiger partial charge in [-0.25, -0.2) is 0 Å². The van der Waals surface area contributed by atoms with E-state index in [1.807, 2.05) is 52.0 Å². The molecule has 1 aromatic carbocycles. The Kier molecular flexibility index (Phi) is 5.22. The fourth-order valence-corrected chi connectivity index (χ4v) is 3.75. The van der Waals surface area contributed by atoms with E-state index < -0.39 is 5.91 Å². The molecule has 2 amide bonds. The summed E-state index contributed by atoms with van der Waals surface area (Å²) in [5, 5.41) is 3.41. The fourth-order valence-electron chi connectivity index (χ4n) is 3.28. The molecule has 0 unspecified atom stereocenters. The van der Waals surface area contributed by atoms with Gasteiger partial charge in [-0.2, -0.15) is 0 Å². The molecule has 0 spiro atoms. The van der Waals surface area contributed by atoms with Crippen LogP contribution in [0.15, 0.2) is 29.8 Å². The van der Waals surface area contributed by atoms with Gasteiger partial charge in [-0.1, -0.05) is 17.7 Å². The van der Waals surface area contributed by atoms with Crippen molar-refractivity contribution in [2.24, 2.45) is 0 Å². The lowest BCUT2D eigenvalue weighted by Crippen LogP contribution is -2.53. The van der Waals surface area contributed by atoms with E-state index in [1.54, 1.807) is 6.08 Å². The summed E-state index contributed by atoms with van der Waals surface area (Å²) in [4.78, 5) is 26.3. The number of likely N-dealkylation sites (N-methyl/N-ethyl adjacent to an activating group) is 1. The summed E-state index contributed by atoms with van der Waals surface area (Å²) in [5.41, 5.74) is 4.72. The van der Waals surface area contributed by atoms with Gasteiger partial charge in [0.05, 0.1) is 0 Å². The minimum atomic E-state index is -0.474. The minimum absolute atomic E-state index is 0.0773. The van der Waals surface area contributed by atoms with E-state index in [4.69, 9.17) is 23.8 Å². The van der Waals surface area contributed by atoms with Crippen molar-refractivity contribution in [1.29, 1.82) is 0 Å². The minimum Gasteiger partial charge on any atom is -0.318 e. The third-order valence-corrected chi connectivity index (χ3v) is 5.48. The smallest absolute Gasteiger partial charge is 0.265 e. The van der Waals surface area contributed by atoms with Gasteiger partial charge >= 0.3 is 0 Å². The van der Waals surface area contributed by atoms with Crippen LogP contribution in [0.25, 0.3) is 11.8 Å². The normalized spacial score (nSPS) is 16.3. The second-order valence-corrected chi connectivity index (χ2v) is 7.21. The molecule has 2 heterocycles.